The Hall–Kier alpha value is -3.31. The van der Waals surface area contributed by atoms with Gasteiger partial charge in [0.2, 0.25) is 11.4 Å². The number of aliphatic hydroxyl groups is 1. The second-order valence-electron chi connectivity index (χ2n) is 11.0. The fraction of sp³-hybridized carbons (Fsp3) is 0.429. The summed E-state index contributed by atoms with van der Waals surface area (Å²) in [7, 11) is 0. The van der Waals surface area contributed by atoms with E-state index in [9.17, 15) is 27.9 Å². The molecule has 1 spiro atoms. The van der Waals surface area contributed by atoms with Gasteiger partial charge in [0.25, 0.3) is 0 Å². The third-order valence-electron chi connectivity index (χ3n) is 9.24. The van der Waals surface area contributed by atoms with Crippen LogP contribution in [-0.2, 0) is 19.2 Å². The van der Waals surface area contributed by atoms with Crippen molar-refractivity contribution in [2.75, 3.05) is 5.06 Å². The first kappa shape index (κ1) is 25.9. The highest BCUT2D eigenvalue weighted by Crippen LogP contribution is 2.61. The highest BCUT2D eigenvalue weighted by Gasteiger charge is 2.74. The fourth-order valence-corrected chi connectivity index (χ4v) is 6.97. The summed E-state index contributed by atoms with van der Waals surface area (Å²) in [5, 5.41) is 12.6. The van der Waals surface area contributed by atoms with Crippen LogP contribution in [0, 0.1) is 46.3 Å². The molecule has 2 aromatic rings. The summed E-state index contributed by atoms with van der Waals surface area (Å²) in [5.74, 6) is -13.3. The zero-order valence-electron chi connectivity index (χ0n) is 20.9. The average molecular weight is 549 g/mol. The smallest absolute Gasteiger partial charge is 0.342 e. The van der Waals surface area contributed by atoms with Crippen molar-refractivity contribution in [3.05, 3.63) is 77.1 Å². The van der Waals surface area contributed by atoms with E-state index in [2.05, 4.69) is 0 Å². The molecule has 11 heteroatoms. The van der Waals surface area contributed by atoms with E-state index in [4.69, 9.17) is 9.57 Å². The zero-order chi connectivity index (χ0) is 28.1. The largest absolute Gasteiger partial charge is 0.459 e. The number of para-hydroxylation sites is 1. The lowest BCUT2D eigenvalue weighted by Crippen LogP contribution is -2.57. The summed E-state index contributed by atoms with van der Waals surface area (Å²) >= 11 is 0. The summed E-state index contributed by atoms with van der Waals surface area (Å²) in [6.07, 6.45) is 1.53. The molecular weight excluding hydrogens is 525 g/mol. The van der Waals surface area contributed by atoms with Gasteiger partial charge in [0.1, 0.15) is 11.7 Å². The first-order valence-electron chi connectivity index (χ1n) is 12.6. The molecule has 3 fully saturated rings. The van der Waals surface area contributed by atoms with Crippen LogP contribution >= 0.6 is 0 Å². The fourth-order valence-electron chi connectivity index (χ4n) is 6.97. The minimum Gasteiger partial charge on any atom is -0.459 e. The summed E-state index contributed by atoms with van der Waals surface area (Å²) in [6, 6.07) is 6.17. The standard InChI is InChI=1S/C28H24F5NO5/c1-13-8-9-15-24(26(2)17(35)10-11-28(13,26)37)38-25(36)27(15)12-16(34(39-27)14-6-4-3-5-7-14)18-19(29)21(31)23(33)22(32)20(18)30/h3-7,10-11,13,15-16,24,37H,8-9,12H2,1-2H3/t13-,15+,16-,24+,26-,27?,28+/m0/s1. The first-order valence-corrected chi connectivity index (χ1v) is 12.6. The number of hydroxylamine groups is 1. The maximum absolute atomic E-state index is 15.1. The predicted octanol–water partition coefficient (Wildman–Crippen LogP) is 4.85. The molecule has 7 atom stereocenters. The van der Waals surface area contributed by atoms with Crippen LogP contribution in [0.15, 0.2) is 42.5 Å². The number of carbonyl (C=O) groups excluding carboxylic acids is 2. The van der Waals surface area contributed by atoms with Gasteiger partial charge < -0.3 is 9.84 Å². The monoisotopic (exact) mass is 549 g/mol. The highest BCUT2D eigenvalue weighted by atomic mass is 19.2. The van der Waals surface area contributed by atoms with E-state index in [1.165, 1.54) is 31.2 Å². The normalized spacial score (nSPS) is 37.3. The minimum absolute atomic E-state index is 0.197. The Balaban J connectivity index is 1.52. The Morgan fingerprint density at radius 3 is 2.21 bits per heavy atom. The van der Waals surface area contributed by atoms with Gasteiger partial charge in [-0.05, 0) is 50.0 Å². The summed E-state index contributed by atoms with van der Waals surface area (Å²) in [5.41, 5.74) is -6.08. The van der Waals surface area contributed by atoms with Crippen LogP contribution in [-0.4, -0.2) is 34.2 Å². The van der Waals surface area contributed by atoms with Crippen LogP contribution < -0.4 is 5.06 Å². The number of anilines is 1. The van der Waals surface area contributed by atoms with Crippen molar-refractivity contribution in [2.45, 2.75) is 56.5 Å². The maximum atomic E-state index is 15.1. The molecule has 2 aliphatic carbocycles. The average Bonchev–Trinajstić information content (AvgIpc) is 3.51. The molecule has 2 heterocycles. The Morgan fingerprint density at radius 1 is 0.949 bits per heavy atom. The molecule has 206 valence electrons. The molecule has 4 aliphatic rings. The minimum atomic E-state index is -2.30. The number of nitrogens with zero attached hydrogens (tertiary/aromatic N) is 1. The lowest BCUT2D eigenvalue weighted by Gasteiger charge is -2.43. The number of carbonyl (C=O) groups is 2. The van der Waals surface area contributed by atoms with Gasteiger partial charge in [0.15, 0.2) is 29.1 Å². The zero-order valence-corrected chi connectivity index (χ0v) is 20.9. The molecule has 0 bridgehead atoms. The topological polar surface area (TPSA) is 76.1 Å². The molecule has 6 nitrogen and oxygen atoms in total. The molecule has 0 aromatic heterocycles. The van der Waals surface area contributed by atoms with E-state index in [-0.39, 0.29) is 12.1 Å². The number of benzene rings is 2. The molecule has 1 saturated carbocycles. The number of halogens is 5. The van der Waals surface area contributed by atoms with Gasteiger partial charge in [-0.15, -0.1) is 0 Å². The van der Waals surface area contributed by atoms with Crippen LogP contribution in [0.3, 0.4) is 0 Å². The number of ketones is 1. The van der Waals surface area contributed by atoms with Crippen molar-refractivity contribution < 1.29 is 46.2 Å². The Bertz CT molecular complexity index is 1410. The van der Waals surface area contributed by atoms with Crippen LogP contribution in [0.5, 0.6) is 0 Å². The number of hydrogen-bond donors (Lipinski definition) is 1. The third-order valence-corrected chi connectivity index (χ3v) is 9.24. The molecule has 0 radical (unpaired) electrons. The molecule has 6 rings (SSSR count). The number of hydrogen-bond acceptors (Lipinski definition) is 6. The quantitative estimate of drug-likeness (QED) is 0.250. The summed E-state index contributed by atoms with van der Waals surface area (Å²) in [4.78, 5) is 33.0. The van der Waals surface area contributed by atoms with E-state index in [0.717, 1.165) is 5.06 Å². The van der Waals surface area contributed by atoms with Crippen molar-refractivity contribution >= 4 is 17.4 Å². The van der Waals surface area contributed by atoms with E-state index in [0.29, 0.717) is 6.42 Å². The molecule has 2 saturated heterocycles. The van der Waals surface area contributed by atoms with Gasteiger partial charge in [0.05, 0.1) is 22.7 Å². The Labute approximate surface area is 220 Å². The number of ether oxygens (including phenoxy) is 1. The Kier molecular flexibility index (Phi) is 5.55. The molecule has 1 unspecified atom stereocenters. The van der Waals surface area contributed by atoms with Gasteiger partial charge in [-0.1, -0.05) is 25.1 Å². The van der Waals surface area contributed by atoms with Crippen LogP contribution in [0.2, 0.25) is 0 Å². The number of esters is 1. The Morgan fingerprint density at radius 2 is 1.56 bits per heavy atom. The van der Waals surface area contributed by atoms with Gasteiger partial charge in [-0.2, -0.15) is 0 Å². The molecule has 39 heavy (non-hydrogen) atoms. The van der Waals surface area contributed by atoms with Crippen molar-refractivity contribution in [1.29, 1.82) is 0 Å². The maximum Gasteiger partial charge on any atom is 0.342 e. The second-order valence-corrected chi connectivity index (χ2v) is 11.0. The SMILES string of the molecule is C[C@H]1CC[C@@H]2[C@@H](OC(=O)C23C[C@@H](c2c(F)c(F)c(F)c(F)c2F)N(c2ccccc2)O3)[C@]2(C)C(=O)C=C[C@@]12O. The van der Waals surface area contributed by atoms with E-state index < -0.39 is 93.4 Å². The van der Waals surface area contributed by atoms with Gasteiger partial charge in [-0.3, -0.25) is 9.63 Å². The molecule has 0 amide bonds. The lowest BCUT2D eigenvalue weighted by molar-refractivity contribution is -0.169. The molecular formula is C28H24F5NO5. The van der Waals surface area contributed by atoms with Gasteiger partial charge in [-0.25, -0.2) is 31.8 Å². The predicted molar refractivity (Wildman–Crippen MR) is 125 cm³/mol. The first-order chi connectivity index (χ1) is 18.4. The molecule has 1 N–H and O–H groups in total. The molecule has 2 aliphatic heterocycles. The van der Waals surface area contributed by atoms with E-state index >= 15 is 8.78 Å². The second kappa shape index (κ2) is 8.34. The number of rotatable bonds is 2. The molecule has 2 aromatic carbocycles. The van der Waals surface area contributed by atoms with Crippen LogP contribution in [0.1, 0.15) is 44.7 Å². The van der Waals surface area contributed by atoms with Crippen molar-refractivity contribution in [2.24, 2.45) is 17.3 Å². The van der Waals surface area contributed by atoms with E-state index in [1.54, 1.807) is 25.1 Å². The van der Waals surface area contributed by atoms with Gasteiger partial charge in [0, 0.05) is 12.3 Å². The van der Waals surface area contributed by atoms with Crippen LogP contribution in [0.4, 0.5) is 27.6 Å². The van der Waals surface area contributed by atoms with Crippen LogP contribution in [0.25, 0.3) is 0 Å². The van der Waals surface area contributed by atoms with Crippen molar-refractivity contribution in [3.63, 3.8) is 0 Å². The number of fused-ring (bicyclic) bond motifs is 4. The third kappa shape index (κ3) is 3.14. The van der Waals surface area contributed by atoms with E-state index in [1.807, 2.05) is 0 Å². The summed E-state index contributed by atoms with van der Waals surface area (Å²) < 4.78 is 78.5. The lowest BCUT2D eigenvalue weighted by atomic mass is 9.63. The van der Waals surface area contributed by atoms with Crippen molar-refractivity contribution in [1.82, 2.24) is 0 Å². The van der Waals surface area contributed by atoms with Crippen molar-refractivity contribution in [3.8, 4) is 0 Å². The van der Waals surface area contributed by atoms with Gasteiger partial charge >= 0.3 is 5.97 Å². The number of allylic oxidation sites excluding steroid dienone is 1. The summed E-state index contributed by atoms with van der Waals surface area (Å²) in [6.45, 7) is 3.27. The highest BCUT2D eigenvalue weighted by molar-refractivity contribution is 6.00.